The first kappa shape index (κ1) is 12.9. The zero-order chi connectivity index (χ0) is 13.9. The molecule has 1 saturated carbocycles. The van der Waals surface area contributed by atoms with Gasteiger partial charge < -0.3 is 4.74 Å². The van der Waals surface area contributed by atoms with Crippen molar-refractivity contribution in [3.8, 4) is 11.5 Å². The number of hydrogen-bond acceptors (Lipinski definition) is 2. The van der Waals surface area contributed by atoms with E-state index in [0.717, 1.165) is 23.0 Å². The highest BCUT2D eigenvalue weighted by Crippen LogP contribution is 2.40. The van der Waals surface area contributed by atoms with E-state index in [0.29, 0.717) is 6.42 Å². The quantitative estimate of drug-likeness (QED) is 0.716. The molecule has 0 atom stereocenters. The lowest BCUT2D eigenvalue weighted by Gasteiger charge is -2.07. The first-order valence-corrected chi connectivity index (χ1v) is 7.17. The minimum Gasteiger partial charge on any atom is -0.457 e. The molecule has 0 saturated heterocycles. The molecule has 0 aliphatic heterocycles. The van der Waals surface area contributed by atoms with Gasteiger partial charge in [0.25, 0.3) is 0 Å². The maximum Gasteiger partial charge on any atom is 0.162 e. The SMILES string of the molecule is CCC(=O)c1ccc(Oc2ccc(C3CC3)cc2)cc1. The molecule has 102 valence electrons. The summed E-state index contributed by atoms with van der Waals surface area (Å²) in [6.07, 6.45) is 3.16. The molecule has 0 N–H and O–H groups in total. The zero-order valence-electron chi connectivity index (χ0n) is 11.6. The standard InChI is InChI=1S/C18H18O2/c1-2-18(19)15-7-11-17(12-8-15)20-16-9-5-14(6-10-16)13-3-4-13/h5-13H,2-4H2,1H3. The van der Waals surface area contributed by atoms with Crippen LogP contribution in [0.1, 0.15) is 48.0 Å². The molecule has 0 unspecified atom stereocenters. The van der Waals surface area contributed by atoms with Crippen LogP contribution in [-0.2, 0) is 0 Å². The Kier molecular flexibility index (Phi) is 3.55. The van der Waals surface area contributed by atoms with E-state index in [2.05, 4.69) is 12.1 Å². The molecule has 2 nitrogen and oxygen atoms in total. The molecule has 20 heavy (non-hydrogen) atoms. The summed E-state index contributed by atoms with van der Waals surface area (Å²) in [4.78, 5) is 11.5. The normalized spacial score (nSPS) is 14.1. The molecule has 1 aliphatic carbocycles. The molecule has 2 aromatic carbocycles. The predicted octanol–water partition coefficient (Wildman–Crippen LogP) is 4.95. The molecular formula is C18H18O2. The highest BCUT2D eigenvalue weighted by molar-refractivity contribution is 5.95. The second-order valence-corrected chi connectivity index (χ2v) is 5.25. The molecule has 3 rings (SSSR count). The van der Waals surface area contributed by atoms with E-state index in [1.807, 2.05) is 43.3 Å². The first-order valence-electron chi connectivity index (χ1n) is 7.17. The van der Waals surface area contributed by atoms with Gasteiger partial charge >= 0.3 is 0 Å². The highest BCUT2D eigenvalue weighted by atomic mass is 16.5. The Hall–Kier alpha value is -2.09. The highest BCUT2D eigenvalue weighted by Gasteiger charge is 2.22. The van der Waals surface area contributed by atoms with Gasteiger partial charge in [0.05, 0.1) is 0 Å². The molecule has 0 radical (unpaired) electrons. The van der Waals surface area contributed by atoms with Crippen molar-refractivity contribution < 1.29 is 9.53 Å². The molecule has 1 fully saturated rings. The van der Waals surface area contributed by atoms with Crippen LogP contribution in [0.4, 0.5) is 0 Å². The summed E-state index contributed by atoms with van der Waals surface area (Å²) in [5.74, 6) is 2.52. The summed E-state index contributed by atoms with van der Waals surface area (Å²) < 4.78 is 5.79. The molecule has 2 aromatic rings. The largest absolute Gasteiger partial charge is 0.457 e. The molecule has 0 heterocycles. The van der Waals surface area contributed by atoms with Gasteiger partial charge in [0.15, 0.2) is 5.78 Å². The van der Waals surface area contributed by atoms with Gasteiger partial charge in [-0.1, -0.05) is 19.1 Å². The van der Waals surface area contributed by atoms with Gasteiger partial charge in [-0.3, -0.25) is 4.79 Å². The van der Waals surface area contributed by atoms with Crippen molar-refractivity contribution >= 4 is 5.78 Å². The molecule has 0 spiro atoms. The molecule has 0 aromatic heterocycles. The Morgan fingerprint density at radius 1 is 1.00 bits per heavy atom. The molecule has 0 bridgehead atoms. The number of rotatable bonds is 5. The summed E-state index contributed by atoms with van der Waals surface area (Å²) >= 11 is 0. The Labute approximate surface area is 119 Å². The average Bonchev–Trinajstić information content (AvgIpc) is 3.33. The van der Waals surface area contributed by atoms with Gasteiger partial charge in [-0.15, -0.1) is 0 Å². The Morgan fingerprint density at radius 3 is 2.05 bits per heavy atom. The number of ketones is 1. The number of carbonyl (C=O) groups is 1. The number of benzene rings is 2. The number of Topliss-reactive ketones (excluding diaryl/α,β-unsaturated/α-hetero) is 1. The minimum atomic E-state index is 0.158. The van der Waals surface area contributed by atoms with Crippen molar-refractivity contribution in [1.29, 1.82) is 0 Å². The van der Waals surface area contributed by atoms with Gasteiger partial charge in [0, 0.05) is 12.0 Å². The van der Waals surface area contributed by atoms with E-state index >= 15 is 0 Å². The third kappa shape index (κ3) is 2.90. The van der Waals surface area contributed by atoms with E-state index in [1.165, 1.54) is 18.4 Å². The predicted molar refractivity (Wildman–Crippen MR) is 79.6 cm³/mol. The number of ether oxygens (including phenoxy) is 1. The Balaban J connectivity index is 1.68. The van der Waals surface area contributed by atoms with Crippen molar-refractivity contribution in [2.24, 2.45) is 0 Å². The van der Waals surface area contributed by atoms with E-state index in [-0.39, 0.29) is 5.78 Å². The average molecular weight is 266 g/mol. The van der Waals surface area contributed by atoms with E-state index in [4.69, 9.17) is 4.74 Å². The summed E-state index contributed by atoms with van der Waals surface area (Å²) in [5, 5.41) is 0. The van der Waals surface area contributed by atoms with E-state index in [9.17, 15) is 4.79 Å². The van der Waals surface area contributed by atoms with Crippen LogP contribution in [0.15, 0.2) is 48.5 Å². The van der Waals surface area contributed by atoms with Gasteiger partial charge in [-0.25, -0.2) is 0 Å². The fourth-order valence-electron chi connectivity index (χ4n) is 2.27. The monoisotopic (exact) mass is 266 g/mol. The topological polar surface area (TPSA) is 26.3 Å². The van der Waals surface area contributed by atoms with Gasteiger partial charge in [-0.05, 0) is 60.7 Å². The van der Waals surface area contributed by atoms with Crippen LogP contribution in [0.3, 0.4) is 0 Å². The lowest BCUT2D eigenvalue weighted by molar-refractivity contribution is 0.0988. The number of hydrogen-bond donors (Lipinski definition) is 0. The maximum atomic E-state index is 11.5. The Morgan fingerprint density at radius 2 is 1.55 bits per heavy atom. The van der Waals surface area contributed by atoms with Gasteiger partial charge in [-0.2, -0.15) is 0 Å². The number of carbonyl (C=O) groups excluding carboxylic acids is 1. The van der Waals surface area contributed by atoms with E-state index < -0.39 is 0 Å². The van der Waals surface area contributed by atoms with Crippen LogP contribution in [-0.4, -0.2) is 5.78 Å². The van der Waals surface area contributed by atoms with Gasteiger partial charge in [0.1, 0.15) is 11.5 Å². The fourth-order valence-corrected chi connectivity index (χ4v) is 2.27. The third-order valence-corrected chi connectivity index (χ3v) is 3.66. The van der Waals surface area contributed by atoms with Crippen LogP contribution >= 0.6 is 0 Å². The summed E-state index contributed by atoms with van der Waals surface area (Å²) in [6, 6.07) is 15.6. The van der Waals surface area contributed by atoms with Gasteiger partial charge in [0.2, 0.25) is 0 Å². The third-order valence-electron chi connectivity index (χ3n) is 3.66. The van der Waals surface area contributed by atoms with Crippen molar-refractivity contribution in [2.75, 3.05) is 0 Å². The van der Waals surface area contributed by atoms with Crippen LogP contribution in [0.2, 0.25) is 0 Å². The zero-order valence-corrected chi connectivity index (χ0v) is 11.6. The van der Waals surface area contributed by atoms with Crippen molar-refractivity contribution in [1.82, 2.24) is 0 Å². The fraction of sp³-hybridized carbons (Fsp3) is 0.278. The first-order chi connectivity index (χ1) is 9.76. The second kappa shape index (κ2) is 5.49. The lowest BCUT2D eigenvalue weighted by atomic mass is 10.1. The van der Waals surface area contributed by atoms with Crippen molar-refractivity contribution in [3.63, 3.8) is 0 Å². The van der Waals surface area contributed by atoms with E-state index in [1.54, 1.807) is 0 Å². The lowest BCUT2D eigenvalue weighted by Crippen LogP contribution is -1.95. The van der Waals surface area contributed by atoms with Crippen molar-refractivity contribution in [2.45, 2.75) is 32.1 Å². The maximum absolute atomic E-state index is 11.5. The molecular weight excluding hydrogens is 248 g/mol. The smallest absolute Gasteiger partial charge is 0.162 e. The van der Waals surface area contributed by atoms with Crippen molar-refractivity contribution in [3.05, 3.63) is 59.7 Å². The molecule has 0 amide bonds. The Bertz CT molecular complexity index is 592. The molecule has 1 aliphatic rings. The van der Waals surface area contributed by atoms with Crippen LogP contribution in [0, 0.1) is 0 Å². The minimum absolute atomic E-state index is 0.158. The summed E-state index contributed by atoms with van der Waals surface area (Å²) in [6.45, 7) is 1.87. The van der Waals surface area contributed by atoms with Crippen LogP contribution in [0.5, 0.6) is 11.5 Å². The summed E-state index contributed by atoms with van der Waals surface area (Å²) in [7, 11) is 0. The van der Waals surface area contributed by atoms with Crippen LogP contribution < -0.4 is 4.74 Å². The second-order valence-electron chi connectivity index (χ2n) is 5.25. The van der Waals surface area contributed by atoms with Crippen LogP contribution in [0.25, 0.3) is 0 Å². The molecule has 2 heteroatoms. The summed E-state index contributed by atoms with van der Waals surface area (Å²) in [5.41, 5.74) is 2.14.